The van der Waals surface area contributed by atoms with E-state index < -0.39 is 11.9 Å². The van der Waals surface area contributed by atoms with Gasteiger partial charge in [-0.3, -0.25) is 0 Å². The van der Waals surface area contributed by atoms with Crippen LogP contribution >= 0.6 is 0 Å². The number of rotatable bonds is 4. The maximum Gasteiger partial charge on any atom is 0.335 e. The lowest BCUT2D eigenvalue weighted by atomic mass is 9.97. The lowest BCUT2D eigenvalue weighted by Gasteiger charge is -2.07. The van der Waals surface area contributed by atoms with Crippen molar-refractivity contribution >= 4 is 22.7 Å². The zero-order valence-electron chi connectivity index (χ0n) is 10.1. The van der Waals surface area contributed by atoms with E-state index in [0.29, 0.717) is 22.8 Å². The smallest absolute Gasteiger partial charge is 0.335 e. The van der Waals surface area contributed by atoms with E-state index >= 15 is 0 Å². The predicted molar refractivity (Wildman–Crippen MR) is 71.8 cm³/mol. The molecule has 0 aliphatic rings. The summed E-state index contributed by atoms with van der Waals surface area (Å²) in [5, 5.41) is 19.5. The lowest BCUT2D eigenvalue weighted by Crippen LogP contribution is -2.02. The molecule has 2 N–H and O–H groups in total. The first-order valence-corrected chi connectivity index (χ1v) is 5.67. The number of carboxylic acids is 2. The first-order valence-electron chi connectivity index (χ1n) is 5.67. The van der Waals surface area contributed by atoms with E-state index in [-0.39, 0.29) is 11.1 Å². The molecular formula is C15H12O4. The van der Waals surface area contributed by atoms with Gasteiger partial charge in [-0.15, -0.1) is 6.58 Å². The Morgan fingerprint density at radius 1 is 1.05 bits per heavy atom. The minimum atomic E-state index is -1.01. The number of fused-ring (bicyclic) bond motifs is 1. The quantitative estimate of drug-likeness (QED) is 0.825. The van der Waals surface area contributed by atoms with Gasteiger partial charge >= 0.3 is 11.9 Å². The Labute approximate surface area is 109 Å². The van der Waals surface area contributed by atoms with E-state index in [4.69, 9.17) is 10.2 Å². The summed E-state index contributed by atoms with van der Waals surface area (Å²) in [5.74, 6) is -2.00. The molecular weight excluding hydrogens is 244 g/mol. The largest absolute Gasteiger partial charge is 0.478 e. The second-order valence-corrected chi connectivity index (χ2v) is 4.17. The van der Waals surface area contributed by atoms with Crippen LogP contribution in [0.3, 0.4) is 0 Å². The molecule has 0 atom stereocenters. The Balaban J connectivity index is 2.69. The van der Waals surface area contributed by atoms with Gasteiger partial charge in [0, 0.05) is 0 Å². The van der Waals surface area contributed by atoms with Gasteiger partial charge in [-0.25, -0.2) is 9.59 Å². The molecule has 4 heteroatoms. The second-order valence-electron chi connectivity index (χ2n) is 4.17. The molecule has 96 valence electrons. The molecule has 0 spiro atoms. The highest BCUT2D eigenvalue weighted by molar-refractivity contribution is 5.99. The molecule has 0 saturated heterocycles. The minimum absolute atomic E-state index is 0.181. The summed E-state index contributed by atoms with van der Waals surface area (Å²) >= 11 is 0. The molecule has 0 unspecified atom stereocenters. The summed E-state index contributed by atoms with van der Waals surface area (Å²) in [6.45, 7) is 3.60. The molecule has 0 bridgehead atoms. The van der Waals surface area contributed by atoms with Gasteiger partial charge in [0.15, 0.2) is 0 Å². The molecule has 0 fully saturated rings. The van der Waals surface area contributed by atoms with Crippen molar-refractivity contribution in [3.8, 4) is 0 Å². The Morgan fingerprint density at radius 3 is 2.37 bits per heavy atom. The highest BCUT2D eigenvalue weighted by Gasteiger charge is 2.12. The first kappa shape index (κ1) is 12.8. The van der Waals surface area contributed by atoms with Crippen molar-refractivity contribution in [2.75, 3.05) is 0 Å². The van der Waals surface area contributed by atoms with Crippen LogP contribution in [0.5, 0.6) is 0 Å². The average molecular weight is 256 g/mol. The summed E-state index contributed by atoms with van der Waals surface area (Å²) < 4.78 is 0. The molecule has 0 saturated carbocycles. The van der Waals surface area contributed by atoms with Crippen LogP contribution in [0.1, 0.15) is 26.3 Å². The van der Waals surface area contributed by atoms with Gasteiger partial charge in [-0.1, -0.05) is 12.1 Å². The molecule has 0 aromatic heterocycles. The average Bonchev–Trinajstić information content (AvgIpc) is 2.37. The highest BCUT2D eigenvalue weighted by atomic mass is 16.4. The fourth-order valence-corrected chi connectivity index (χ4v) is 2.00. The number of aromatic carboxylic acids is 2. The number of benzene rings is 2. The maximum absolute atomic E-state index is 11.2. The third kappa shape index (κ3) is 2.47. The van der Waals surface area contributed by atoms with E-state index in [1.807, 2.05) is 0 Å². The van der Waals surface area contributed by atoms with Crippen LogP contribution in [0.25, 0.3) is 10.8 Å². The molecule has 4 nitrogen and oxygen atoms in total. The van der Waals surface area contributed by atoms with Gasteiger partial charge in [-0.2, -0.15) is 0 Å². The number of hydrogen-bond acceptors (Lipinski definition) is 2. The molecule has 0 aliphatic heterocycles. The van der Waals surface area contributed by atoms with Crippen molar-refractivity contribution in [1.29, 1.82) is 0 Å². The van der Waals surface area contributed by atoms with Crippen molar-refractivity contribution in [1.82, 2.24) is 0 Å². The predicted octanol–water partition coefficient (Wildman–Crippen LogP) is 2.96. The Hall–Kier alpha value is -2.62. The first-order chi connectivity index (χ1) is 9.02. The molecule has 0 radical (unpaired) electrons. The van der Waals surface area contributed by atoms with Crippen molar-refractivity contribution in [2.45, 2.75) is 6.42 Å². The van der Waals surface area contributed by atoms with Gasteiger partial charge < -0.3 is 10.2 Å². The van der Waals surface area contributed by atoms with E-state index in [0.717, 1.165) is 0 Å². The van der Waals surface area contributed by atoms with Gasteiger partial charge in [0.25, 0.3) is 0 Å². The molecule has 0 aliphatic carbocycles. The molecule has 2 aromatic carbocycles. The van der Waals surface area contributed by atoms with Crippen LogP contribution in [0.2, 0.25) is 0 Å². The summed E-state index contributed by atoms with van der Waals surface area (Å²) in [6.07, 6.45) is 2.05. The van der Waals surface area contributed by atoms with Crippen molar-refractivity contribution < 1.29 is 19.8 Å². The highest BCUT2D eigenvalue weighted by Crippen LogP contribution is 2.22. The van der Waals surface area contributed by atoms with Crippen LogP contribution in [0, 0.1) is 0 Å². The molecule has 2 rings (SSSR count). The van der Waals surface area contributed by atoms with Crippen LogP contribution in [-0.4, -0.2) is 22.2 Å². The van der Waals surface area contributed by atoms with Crippen molar-refractivity contribution in [3.63, 3.8) is 0 Å². The maximum atomic E-state index is 11.2. The van der Waals surface area contributed by atoms with Gasteiger partial charge in [0.2, 0.25) is 0 Å². The molecule has 19 heavy (non-hydrogen) atoms. The number of allylic oxidation sites excluding steroid dienone is 1. The molecule has 2 aromatic rings. The van der Waals surface area contributed by atoms with Gasteiger partial charge in [0.1, 0.15) is 0 Å². The SMILES string of the molecule is C=CCc1cc2cc(C(=O)O)ccc2cc1C(=O)O. The number of hydrogen-bond donors (Lipinski definition) is 2. The Bertz CT molecular complexity index is 686. The zero-order chi connectivity index (χ0) is 14.0. The number of carboxylic acid groups (broad SMARTS) is 2. The normalized spacial score (nSPS) is 10.3. The van der Waals surface area contributed by atoms with Crippen LogP contribution < -0.4 is 0 Å². The standard InChI is InChI=1S/C15H12O4/c1-2-3-10-6-12-7-11(14(16)17)5-4-9(12)8-13(10)15(18)19/h2,4-8H,1,3H2,(H,16,17)(H,18,19). The van der Waals surface area contributed by atoms with Crippen LogP contribution in [-0.2, 0) is 6.42 Å². The third-order valence-electron chi connectivity index (χ3n) is 2.90. The zero-order valence-corrected chi connectivity index (χ0v) is 10.1. The molecule has 0 amide bonds. The van der Waals surface area contributed by atoms with Gasteiger partial charge in [-0.05, 0) is 47.0 Å². The third-order valence-corrected chi connectivity index (χ3v) is 2.90. The van der Waals surface area contributed by atoms with Crippen molar-refractivity contribution in [2.24, 2.45) is 0 Å². The van der Waals surface area contributed by atoms with Crippen LogP contribution in [0.15, 0.2) is 43.0 Å². The van der Waals surface area contributed by atoms with Gasteiger partial charge in [0.05, 0.1) is 11.1 Å². The monoisotopic (exact) mass is 256 g/mol. The van der Waals surface area contributed by atoms with E-state index in [2.05, 4.69) is 6.58 Å². The Morgan fingerprint density at radius 2 is 1.79 bits per heavy atom. The molecule has 0 heterocycles. The Kier molecular flexibility index (Phi) is 3.33. The summed E-state index contributed by atoms with van der Waals surface area (Å²) in [6, 6.07) is 7.87. The fraction of sp³-hybridized carbons (Fsp3) is 0.0667. The summed E-state index contributed by atoms with van der Waals surface area (Å²) in [5.41, 5.74) is 1.02. The minimum Gasteiger partial charge on any atom is -0.478 e. The van der Waals surface area contributed by atoms with E-state index in [1.165, 1.54) is 12.1 Å². The fourth-order valence-electron chi connectivity index (χ4n) is 2.00. The second kappa shape index (κ2) is 4.94. The van der Waals surface area contributed by atoms with Crippen LogP contribution in [0.4, 0.5) is 0 Å². The van der Waals surface area contributed by atoms with E-state index in [1.54, 1.807) is 24.3 Å². The topological polar surface area (TPSA) is 74.6 Å². The van der Waals surface area contributed by atoms with E-state index in [9.17, 15) is 9.59 Å². The van der Waals surface area contributed by atoms with Crippen molar-refractivity contribution in [3.05, 3.63) is 59.7 Å². The summed E-state index contributed by atoms with van der Waals surface area (Å²) in [4.78, 5) is 22.1. The summed E-state index contributed by atoms with van der Waals surface area (Å²) in [7, 11) is 0. The lowest BCUT2D eigenvalue weighted by molar-refractivity contribution is 0.0685. The number of carbonyl (C=O) groups is 2.